The number of carbonyl (C=O) groups is 4. The van der Waals surface area contributed by atoms with Gasteiger partial charge in [0.1, 0.15) is 29.5 Å². The second-order valence-electron chi connectivity index (χ2n) is 15.0. The molecular formula is C36H45N5O9S. The molecule has 5 aliphatic rings. The third-order valence-electron chi connectivity index (χ3n) is 10.7. The summed E-state index contributed by atoms with van der Waals surface area (Å²) in [5.41, 5.74) is -1.52. The molecule has 4 N–H and O–H groups in total. The predicted molar refractivity (Wildman–Crippen MR) is 185 cm³/mol. The van der Waals surface area contributed by atoms with Crippen molar-refractivity contribution in [3.05, 3.63) is 42.6 Å². The van der Waals surface area contributed by atoms with Crippen molar-refractivity contribution in [1.82, 2.24) is 25.2 Å². The van der Waals surface area contributed by atoms with Crippen molar-refractivity contribution in [3.63, 3.8) is 0 Å². The van der Waals surface area contributed by atoms with Gasteiger partial charge in [0.05, 0.1) is 24.1 Å². The number of fused-ring (bicyclic) bond motifs is 3. The number of hydrogen-bond donors (Lipinski definition) is 4. The Bertz CT molecular complexity index is 1860. The molecule has 7 atom stereocenters. The van der Waals surface area contributed by atoms with Crippen LogP contribution >= 0.6 is 0 Å². The van der Waals surface area contributed by atoms with Crippen LogP contribution in [0.5, 0.6) is 11.6 Å². The van der Waals surface area contributed by atoms with Crippen LogP contribution in [0.4, 0.5) is 4.79 Å². The van der Waals surface area contributed by atoms with Gasteiger partial charge in [0.15, 0.2) is 0 Å². The Morgan fingerprint density at radius 3 is 2.47 bits per heavy atom. The van der Waals surface area contributed by atoms with Crippen molar-refractivity contribution in [2.24, 2.45) is 17.8 Å². The summed E-state index contributed by atoms with van der Waals surface area (Å²) in [7, 11) is -3.90. The molecule has 14 nitrogen and oxygen atoms in total. The maximum absolute atomic E-state index is 14.4. The normalized spacial score (nSPS) is 32.0. The molecule has 7 rings (SSSR count). The summed E-state index contributed by atoms with van der Waals surface area (Å²) in [6.45, 7) is 3.80. The number of pyridine rings is 1. The number of nitrogens with zero attached hydrogens (tertiary/aromatic N) is 2. The zero-order valence-electron chi connectivity index (χ0n) is 28.7. The maximum Gasteiger partial charge on any atom is 0.405 e. The number of sulfonamides is 1. The zero-order valence-corrected chi connectivity index (χ0v) is 29.6. The Morgan fingerprint density at radius 1 is 1.02 bits per heavy atom. The van der Waals surface area contributed by atoms with Crippen LogP contribution in [0.15, 0.2) is 42.6 Å². The smallest absolute Gasteiger partial charge is 0.405 e. The van der Waals surface area contributed by atoms with Crippen LogP contribution in [-0.4, -0.2) is 88.8 Å². The van der Waals surface area contributed by atoms with Gasteiger partial charge >= 0.3 is 6.09 Å². The number of hydrogen-bond acceptors (Lipinski definition) is 9. The van der Waals surface area contributed by atoms with Gasteiger partial charge in [-0.3, -0.25) is 19.1 Å². The van der Waals surface area contributed by atoms with E-state index in [4.69, 9.17) is 9.47 Å². The Labute approximate surface area is 296 Å². The Balaban J connectivity index is 1.20. The summed E-state index contributed by atoms with van der Waals surface area (Å²) < 4.78 is 40.3. The molecule has 1 saturated heterocycles. The largest absolute Gasteiger partial charge is 0.488 e. The van der Waals surface area contributed by atoms with Crippen molar-refractivity contribution in [2.45, 2.75) is 107 Å². The number of aromatic nitrogens is 1. The fraction of sp³-hybridized carbons (Fsp3) is 0.583. The summed E-state index contributed by atoms with van der Waals surface area (Å²) in [5, 5.41) is 15.9. The van der Waals surface area contributed by atoms with Crippen LogP contribution in [0.2, 0.25) is 0 Å². The van der Waals surface area contributed by atoms with Gasteiger partial charge in [0.25, 0.3) is 5.91 Å². The molecule has 0 radical (unpaired) electrons. The standard InChI is InChI=1S/C36H45N5O9S/c1-20-7-3-4-8-22-17-36(22,34(44)40-51(47,48)25-13-14-25)39-31(42)28-16-24(19-41(28)33(43)30(21(2)15-20)38-35(45)46)50-32-27-10-6-5-9-26(27)29(18-37-32)49-23-11-12-23/h4-6,8-10,18,20-25,28,30,38H,3,7,11-17,19H2,1-2H3,(H,39,42)(H,40,44)(H,45,46)/b8-4-/t20?,21-,22?,24-,28+,30+,36-/m1/s1. The van der Waals surface area contributed by atoms with Crippen LogP contribution in [0, 0.1) is 17.8 Å². The first-order valence-electron chi connectivity index (χ1n) is 17.9. The van der Waals surface area contributed by atoms with Crippen molar-refractivity contribution < 1.29 is 42.2 Å². The van der Waals surface area contributed by atoms with E-state index in [1.165, 1.54) is 4.90 Å². The summed E-state index contributed by atoms with van der Waals surface area (Å²) in [5.74, 6) is -1.81. The Hall–Kier alpha value is -4.40. The fourth-order valence-corrected chi connectivity index (χ4v) is 8.85. The van der Waals surface area contributed by atoms with Crippen LogP contribution < -0.4 is 24.8 Å². The van der Waals surface area contributed by atoms with Gasteiger partial charge < -0.3 is 30.1 Å². The number of allylic oxidation sites excluding steroid dienone is 1. The zero-order chi connectivity index (χ0) is 36.1. The average molecular weight is 724 g/mol. The van der Waals surface area contributed by atoms with Crippen LogP contribution in [0.1, 0.15) is 71.6 Å². The van der Waals surface area contributed by atoms with Gasteiger partial charge in [0, 0.05) is 23.1 Å². The minimum Gasteiger partial charge on any atom is -0.488 e. The van der Waals surface area contributed by atoms with E-state index in [-0.39, 0.29) is 31.4 Å². The van der Waals surface area contributed by atoms with E-state index in [1.54, 1.807) is 6.20 Å². The lowest BCUT2D eigenvalue weighted by atomic mass is 9.88. The van der Waals surface area contributed by atoms with E-state index in [0.29, 0.717) is 42.7 Å². The van der Waals surface area contributed by atoms with Gasteiger partial charge in [-0.05, 0) is 69.3 Å². The van der Waals surface area contributed by atoms with E-state index < -0.39 is 74.7 Å². The lowest BCUT2D eigenvalue weighted by Crippen LogP contribution is -2.59. The molecule has 1 aromatic carbocycles. The maximum atomic E-state index is 14.4. The summed E-state index contributed by atoms with van der Waals surface area (Å²) in [6.07, 6.45) is 8.54. The highest BCUT2D eigenvalue weighted by Crippen LogP contribution is 2.46. The van der Waals surface area contributed by atoms with Gasteiger partial charge in [-0.15, -0.1) is 0 Å². The molecule has 3 heterocycles. The van der Waals surface area contributed by atoms with Crippen LogP contribution in [-0.2, 0) is 24.4 Å². The first-order valence-corrected chi connectivity index (χ1v) is 19.4. The number of nitrogens with one attached hydrogen (secondary N) is 3. The molecule has 2 aromatic rings. The minimum absolute atomic E-state index is 0.0249. The third kappa shape index (κ3) is 7.49. The molecule has 4 fully saturated rings. The molecule has 0 spiro atoms. The van der Waals surface area contributed by atoms with Gasteiger partial charge in [0.2, 0.25) is 27.7 Å². The van der Waals surface area contributed by atoms with E-state index in [0.717, 1.165) is 24.6 Å². The van der Waals surface area contributed by atoms with Crippen molar-refractivity contribution in [2.75, 3.05) is 6.54 Å². The quantitative estimate of drug-likeness (QED) is 0.294. The van der Waals surface area contributed by atoms with Crippen LogP contribution in [0.25, 0.3) is 10.8 Å². The highest BCUT2D eigenvalue weighted by Gasteiger charge is 2.62. The second kappa shape index (κ2) is 13.6. The van der Waals surface area contributed by atoms with Crippen LogP contribution in [0.3, 0.4) is 0 Å². The Morgan fingerprint density at radius 2 is 1.76 bits per heavy atom. The summed E-state index contributed by atoms with van der Waals surface area (Å²) in [6, 6.07) is 5.22. The first-order chi connectivity index (χ1) is 24.3. The molecule has 4 amide bonds. The summed E-state index contributed by atoms with van der Waals surface area (Å²) >= 11 is 0. The van der Waals surface area contributed by atoms with Gasteiger partial charge in [-0.2, -0.15) is 0 Å². The molecule has 51 heavy (non-hydrogen) atoms. The number of rotatable bonds is 8. The summed E-state index contributed by atoms with van der Waals surface area (Å²) in [4.78, 5) is 60.2. The molecule has 274 valence electrons. The molecule has 1 aromatic heterocycles. The minimum atomic E-state index is -3.90. The Kier molecular flexibility index (Phi) is 9.35. The highest BCUT2D eigenvalue weighted by molar-refractivity contribution is 7.91. The SMILES string of the molecule is CC1CC/C=C\C2C[C@@]2(C(=O)NS(=O)(=O)C2CC2)NC(=O)[C@@H]2C[C@@H](Oc3ncc(OC4CC4)c4ccccc34)CN2C(=O)[C@@H](NC(=O)O)[C@H](C)C1. The average Bonchev–Trinajstić information content (AvgIpc) is 3.98. The topological polar surface area (TPSA) is 193 Å². The lowest BCUT2D eigenvalue weighted by molar-refractivity contribution is -0.142. The van der Waals surface area contributed by atoms with Gasteiger partial charge in [-0.25, -0.2) is 18.2 Å². The van der Waals surface area contributed by atoms with E-state index in [1.807, 2.05) is 50.3 Å². The van der Waals surface area contributed by atoms with Crippen molar-refractivity contribution in [3.8, 4) is 11.6 Å². The molecule has 2 aliphatic heterocycles. The second-order valence-corrected chi connectivity index (χ2v) is 16.9. The number of carboxylic acid groups (broad SMARTS) is 1. The number of amides is 4. The van der Waals surface area contributed by atoms with E-state index >= 15 is 0 Å². The number of benzene rings is 1. The third-order valence-corrected chi connectivity index (χ3v) is 12.5. The molecular weight excluding hydrogens is 678 g/mol. The van der Waals surface area contributed by atoms with Gasteiger partial charge in [-0.1, -0.05) is 44.2 Å². The fourth-order valence-electron chi connectivity index (χ4n) is 7.48. The number of carbonyl (C=O) groups excluding carboxylic acids is 3. The molecule has 2 unspecified atom stereocenters. The molecule has 3 aliphatic carbocycles. The predicted octanol–water partition coefficient (Wildman–Crippen LogP) is 3.26. The number of ether oxygens (including phenoxy) is 2. The molecule has 15 heteroatoms. The lowest BCUT2D eigenvalue weighted by Gasteiger charge is -2.32. The highest BCUT2D eigenvalue weighted by atomic mass is 32.2. The van der Waals surface area contributed by atoms with E-state index in [2.05, 4.69) is 20.3 Å². The van der Waals surface area contributed by atoms with E-state index in [9.17, 15) is 32.7 Å². The monoisotopic (exact) mass is 723 g/mol. The molecule has 3 saturated carbocycles. The van der Waals surface area contributed by atoms with Crippen molar-refractivity contribution in [1.29, 1.82) is 0 Å². The first kappa shape index (κ1) is 35.0. The molecule has 0 bridgehead atoms. The van der Waals surface area contributed by atoms with Crippen molar-refractivity contribution >= 4 is 44.6 Å².